The molecule has 0 heterocycles. The number of unbranched alkanes of at least 4 members (excludes halogenated alkanes) is 11. The summed E-state index contributed by atoms with van der Waals surface area (Å²) in [5.41, 5.74) is 0. The van der Waals surface area contributed by atoms with Gasteiger partial charge in [0.1, 0.15) is 0 Å². The van der Waals surface area contributed by atoms with E-state index in [4.69, 9.17) is 4.74 Å². The third-order valence-corrected chi connectivity index (χ3v) is 3.75. The van der Waals surface area contributed by atoms with E-state index < -0.39 is 0 Å². The summed E-state index contributed by atoms with van der Waals surface area (Å²) in [6.07, 6.45) is 20.3. The van der Waals surface area contributed by atoms with Gasteiger partial charge in [-0.15, -0.1) is 0 Å². The van der Waals surface area contributed by atoms with Crippen LogP contribution in [0.15, 0.2) is 12.3 Å². The number of carbonyl (C=O) groups excluding carboxylic acids is 1. The highest BCUT2D eigenvalue weighted by Gasteiger charge is 1.99. The largest absolute Gasteiger partial charge is 0.435 e. The summed E-state index contributed by atoms with van der Waals surface area (Å²) in [5, 5.41) is 0. The number of hydrogen-bond donors (Lipinski definition) is 0. The average molecular weight is 296 g/mol. The minimum Gasteiger partial charge on any atom is -0.435 e. The zero-order valence-corrected chi connectivity index (χ0v) is 14.4. The van der Waals surface area contributed by atoms with Crippen LogP contribution in [-0.4, -0.2) is 5.97 Å². The Kier molecular flexibility index (Phi) is 16.6. The number of esters is 1. The first-order chi connectivity index (χ1) is 10.3. The Bertz CT molecular complexity index is 246. The molecule has 0 aromatic carbocycles. The van der Waals surface area contributed by atoms with Crippen LogP contribution in [0.4, 0.5) is 0 Å². The fourth-order valence-corrected chi connectivity index (χ4v) is 2.34. The minimum atomic E-state index is -0.0812. The van der Waals surface area contributed by atoms with Crippen molar-refractivity contribution in [2.45, 2.75) is 104 Å². The van der Waals surface area contributed by atoms with Crippen molar-refractivity contribution in [1.82, 2.24) is 0 Å². The molecule has 124 valence electrons. The van der Waals surface area contributed by atoms with E-state index in [0.717, 1.165) is 19.3 Å². The molecule has 0 spiro atoms. The minimum absolute atomic E-state index is 0.0812. The molecule has 21 heavy (non-hydrogen) atoms. The lowest BCUT2D eigenvalue weighted by Gasteiger charge is -2.00. The van der Waals surface area contributed by atoms with E-state index in [0.29, 0.717) is 6.42 Å². The standard InChI is InChI=1S/C19H36O2/c1-3-5-7-9-10-11-12-14-16-18-21-19(20)17-15-13-8-6-4-2/h16,18H,3-15,17H2,1-2H3. The van der Waals surface area contributed by atoms with Gasteiger partial charge >= 0.3 is 5.97 Å². The van der Waals surface area contributed by atoms with Crippen LogP contribution in [0.2, 0.25) is 0 Å². The Morgan fingerprint density at radius 1 is 0.762 bits per heavy atom. The maximum absolute atomic E-state index is 11.4. The second-order valence-corrected chi connectivity index (χ2v) is 5.94. The average Bonchev–Trinajstić information content (AvgIpc) is 2.49. The van der Waals surface area contributed by atoms with Gasteiger partial charge in [-0.25, -0.2) is 0 Å². The van der Waals surface area contributed by atoms with E-state index in [2.05, 4.69) is 13.8 Å². The number of ether oxygens (including phenoxy) is 1. The summed E-state index contributed by atoms with van der Waals surface area (Å²) in [6.45, 7) is 4.45. The smallest absolute Gasteiger partial charge is 0.310 e. The Balaban J connectivity index is 3.24. The predicted octanol–water partition coefficient (Wildman–Crippen LogP) is 6.54. The summed E-state index contributed by atoms with van der Waals surface area (Å²) in [5.74, 6) is -0.0812. The Hall–Kier alpha value is -0.790. The summed E-state index contributed by atoms with van der Waals surface area (Å²) < 4.78 is 5.09. The van der Waals surface area contributed by atoms with Crippen molar-refractivity contribution in [1.29, 1.82) is 0 Å². The molecular formula is C19H36O2. The molecule has 0 fully saturated rings. The monoisotopic (exact) mass is 296 g/mol. The highest BCUT2D eigenvalue weighted by atomic mass is 16.5. The number of hydrogen-bond acceptors (Lipinski definition) is 2. The van der Waals surface area contributed by atoms with E-state index in [1.807, 2.05) is 6.08 Å². The molecule has 0 saturated carbocycles. The second kappa shape index (κ2) is 17.3. The van der Waals surface area contributed by atoms with Crippen LogP contribution in [0.1, 0.15) is 104 Å². The molecule has 0 aliphatic heterocycles. The molecule has 0 bridgehead atoms. The fraction of sp³-hybridized carbons (Fsp3) is 0.842. The van der Waals surface area contributed by atoms with Gasteiger partial charge in [0.25, 0.3) is 0 Å². The van der Waals surface area contributed by atoms with Crippen molar-refractivity contribution in [3.8, 4) is 0 Å². The highest BCUT2D eigenvalue weighted by molar-refractivity contribution is 5.69. The quantitative estimate of drug-likeness (QED) is 0.195. The molecule has 0 amide bonds. The SMILES string of the molecule is CCCCCCCCCC=COC(=O)CCCCCCC. The normalized spacial score (nSPS) is 11.1. The molecule has 0 aromatic rings. The third kappa shape index (κ3) is 17.2. The number of carbonyl (C=O) groups is 1. The maximum Gasteiger partial charge on any atom is 0.310 e. The van der Waals surface area contributed by atoms with Gasteiger partial charge in [0.15, 0.2) is 0 Å². The van der Waals surface area contributed by atoms with Crippen LogP contribution in [0, 0.1) is 0 Å². The van der Waals surface area contributed by atoms with Gasteiger partial charge in [0.2, 0.25) is 0 Å². The zero-order valence-electron chi connectivity index (χ0n) is 14.4. The summed E-state index contributed by atoms with van der Waals surface area (Å²) in [7, 11) is 0. The molecule has 2 nitrogen and oxygen atoms in total. The zero-order chi connectivity index (χ0) is 15.6. The molecule has 0 rings (SSSR count). The van der Waals surface area contributed by atoms with E-state index in [1.54, 1.807) is 6.26 Å². The van der Waals surface area contributed by atoms with Gasteiger partial charge in [-0.2, -0.15) is 0 Å². The molecule has 0 unspecified atom stereocenters. The van der Waals surface area contributed by atoms with Crippen LogP contribution in [-0.2, 0) is 9.53 Å². The van der Waals surface area contributed by atoms with Gasteiger partial charge in [0, 0.05) is 6.42 Å². The van der Waals surface area contributed by atoms with E-state index in [9.17, 15) is 4.79 Å². The van der Waals surface area contributed by atoms with Crippen molar-refractivity contribution in [2.75, 3.05) is 0 Å². The van der Waals surface area contributed by atoms with Crippen LogP contribution in [0.5, 0.6) is 0 Å². The van der Waals surface area contributed by atoms with Crippen LogP contribution in [0.3, 0.4) is 0 Å². The van der Waals surface area contributed by atoms with Gasteiger partial charge in [-0.05, 0) is 25.3 Å². The summed E-state index contributed by atoms with van der Waals surface area (Å²) in [6, 6.07) is 0. The molecule has 0 aliphatic rings. The molecular weight excluding hydrogens is 260 g/mol. The van der Waals surface area contributed by atoms with Crippen LogP contribution >= 0.6 is 0 Å². The summed E-state index contributed by atoms with van der Waals surface area (Å²) in [4.78, 5) is 11.4. The van der Waals surface area contributed by atoms with E-state index >= 15 is 0 Å². The van der Waals surface area contributed by atoms with Gasteiger partial charge in [0.05, 0.1) is 6.26 Å². The lowest BCUT2D eigenvalue weighted by Crippen LogP contribution is -1.98. The van der Waals surface area contributed by atoms with E-state index in [1.165, 1.54) is 64.2 Å². The fourth-order valence-electron chi connectivity index (χ4n) is 2.34. The van der Waals surface area contributed by atoms with Gasteiger partial charge in [-0.1, -0.05) is 78.1 Å². The second-order valence-electron chi connectivity index (χ2n) is 5.94. The maximum atomic E-state index is 11.4. The third-order valence-electron chi connectivity index (χ3n) is 3.75. The van der Waals surface area contributed by atoms with Crippen molar-refractivity contribution in [3.05, 3.63) is 12.3 Å². The molecule has 0 aliphatic carbocycles. The lowest BCUT2D eigenvalue weighted by atomic mass is 10.1. The topological polar surface area (TPSA) is 26.3 Å². The van der Waals surface area contributed by atoms with Gasteiger partial charge < -0.3 is 4.74 Å². The lowest BCUT2D eigenvalue weighted by molar-refractivity contribution is -0.138. The van der Waals surface area contributed by atoms with Crippen LogP contribution < -0.4 is 0 Å². The Morgan fingerprint density at radius 3 is 1.90 bits per heavy atom. The summed E-state index contributed by atoms with van der Waals surface area (Å²) >= 11 is 0. The molecule has 0 radical (unpaired) electrons. The number of allylic oxidation sites excluding steroid dienone is 1. The predicted molar refractivity (Wildman–Crippen MR) is 91.2 cm³/mol. The molecule has 0 atom stereocenters. The molecule has 0 N–H and O–H groups in total. The van der Waals surface area contributed by atoms with E-state index in [-0.39, 0.29) is 5.97 Å². The first-order valence-electron chi connectivity index (χ1n) is 9.15. The van der Waals surface area contributed by atoms with Crippen molar-refractivity contribution >= 4 is 5.97 Å². The van der Waals surface area contributed by atoms with Crippen molar-refractivity contribution < 1.29 is 9.53 Å². The van der Waals surface area contributed by atoms with Gasteiger partial charge in [-0.3, -0.25) is 4.79 Å². The number of rotatable bonds is 15. The van der Waals surface area contributed by atoms with Crippen molar-refractivity contribution in [2.24, 2.45) is 0 Å². The first kappa shape index (κ1) is 20.2. The van der Waals surface area contributed by atoms with Crippen LogP contribution in [0.25, 0.3) is 0 Å². The molecule has 0 aromatic heterocycles. The Labute approximate surface area is 132 Å². The highest BCUT2D eigenvalue weighted by Crippen LogP contribution is 2.09. The Morgan fingerprint density at radius 2 is 1.29 bits per heavy atom. The molecule has 0 saturated heterocycles. The first-order valence-corrected chi connectivity index (χ1v) is 9.15. The van der Waals surface area contributed by atoms with Crippen molar-refractivity contribution in [3.63, 3.8) is 0 Å². The molecule has 2 heteroatoms.